The predicted molar refractivity (Wildman–Crippen MR) is 88.0 cm³/mol. The van der Waals surface area contributed by atoms with Crippen LogP contribution < -0.4 is 5.32 Å². The third-order valence-corrected chi connectivity index (χ3v) is 4.86. The standard InChI is InChI=1S/C17H20FN5O2/c18-13-1-3-14(4-2-13)23-20-11-15(21-23)16(24)22-8-5-17(6-9-22)12-19-7-10-25-17/h1-4,11,19H,5-10,12H2. The van der Waals surface area contributed by atoms with Crippen molar-refractivity contribution < 1.29 is 13.9 Å². The minimum atomic E-state index is -0.325. The van der Waals surface area contributed by atoms with E-state index in [1.54, 1.807) is 17.0 Å². The summed E-state index contributed by atoms with van der Waals surface area (Å²) in [5.41, 5.74) is 0.767. The molecule has 2 aliphatic rings. The van der Waals surface area contributed by atoms with Crippen LogP contribution in [0.15, 0.2) is 30.5 Å². The lowest BCUT2D eigenvalue weighted by atomic mass is 9.90. The van der Waals surface area contributed by atoms with Crippen LogP contribution in [0.25, 0.3) is 5.69 Å². The number of halogens is 1. The third kappa shape index (κ3) is 3.27. The van der Waals surface area contributed by atoms with Crippen LogP contribution in [-0.4, -0.2) is 64.2 Å². The number of hydrogen-bond donors (Lipinski definition) is 1. The van der Waals surface area contributed by atoms with E-state index >= 15 is 0 Å². The van der Waals surface area contributed by atoms with Crippen molar-refractivity contribution in [1.82, 2.24) is 25.2 Å². The van der Waals surface area contributed by atoms with Crippen LogP contribution in [0.4, 0.5) is 4.39 Å². The van der Waals surface area contributed by atoms with E-state index in [9.17, 15) is 9.18 Å². The van der Waals surface area contributed by atoms with Gasteiger partial charge in [0.2, 0.25) is 0 Å². The fraction of sp³-hybridized carbons (Fsp3) is 0.471. The van der Waals surface area contributed by atoms with Gasteiger partial charge < -0.3 is 15.0 Å². The zero-order chi connectivity index (χ0) is 17.3. The first-order valence-corrected chi connectivity index (χ1v) is 8.48. The Morgan fingerprint density at radius 2 is 2.00 bits per heavy atom. The van der Waals surface area contributed by atoms with E-state index in [2.05, 4.69) is 15.5 Å². The van der Waals surface area contributed by atoms with E-state index in [-0.39, 0.29) is 17.3 Å². The first-order valence-electron chi connectivity index (χ1n) is 8.48. The van der Waals surface area contributed by atoms with Gasteiger partial charge in [-0.25, -0.2) is 4.39 Å². The van der Waals surface area contributed by atoms with Crippen molar-refractivity contribution in [3.63, 3.8) is 0 Å². The van der Waals surface area contributed by atoms with Crippen molar-refractivity contribution >= 4 is 5.91 Å². The molecule has 0 atom stereocenters. The zero-order valence-electron chi connectivity index (χ0n) is 13.8. The van der Waals surface area contributed by atoms with Crippen molar-refractivity contribution in [2.24, 2.45) is 0 Å². The quantitative estimate of drug-likeness (QED) is 0.879. The fourth-order valence-corrected chi connectivity index (χ4v) is 3.37. The first-order chi connectivity index (χ1) is 12.2. The van der Waals surface area contributed by atoms with Gasteiger partial charge in [0, 0.05) is 26.2 Å². The Balaban J connectivity index is 1.43. The Bertz CT molecular complexity index is 745. The van der Waals surface area contributed by atoms with Gasteiger partial charge in [-0.3, -0.25) is 4.79 Å². The SMILES string of the molecule is O=C(c1cnn(-c2ccc(F)cc2)n1)N1CCC2(CC1)CNCCO2. The Hall–Kier alpha value is -2.32. The molecule has 4 rings (SSSR count). The maximum atomic E-state index is 13.0. The summed E-state index contributed by atoms with van der Waals surface area (Å²) in [5, 5.41) is 11.7. The van der Waals surface area contributed by atoms with E-state index in [1.807, 2.05) is 0 Å². The maximum Gasteiger partial charge on any atom is 0.276 e. The molecular formula is C17H20FN5O2. The van der Waals surface area contributed by atoms with Gasteiger partial charge in [0.25, 0.3) is 5.91 Å². The van der Waals surface area contributed by atoms with Crippen LogP contribution in [0.5, 0.6) is 0 Å². The molecule has 25 heavy (non-hydrogen) atoms. The zero-order valence-corrected chi connectivity index (χ0v) is 13.8. The number of carbonyl (C=O) groups excluding carboxylic acids is 1. The lowest BCUT2D eigenvalue weighted by Crippen LogP contribution is -2.56. The van der Waals surface area contributed by atoms with E-state index in [0.717, 1.165) is 32.5 Å². The number of rotatable bonds is 2. The number of carbonyl (C=O) groups is 1. The van der Waals surface area contributed by atoms with E-state index < -0.39 is 0 Å². The minimum absolute atomic E-state index is 0.132. The van der Waals surface area contributed by atoms with Gasteiger partial charge in [0.05, 0.1) is 24.1 Å². The normalized spacial score (nSPS) is 20.0. The number of likely N-dealkylation sites (tertiary alicyclic amines) is 1. The summed E-state index contributed by atoms with van der Waals surface area (Å²) in [7, 11) is 0. The van der Waals surface area contributed by atoms with Crippen molar-refractivity contribution in [1.29, 1.82) is 0 Å². The monoisotopic (exact) mass is 345 g/mol. The Morgan fingerprint density at radius 3 is 2.68 bits per heavy atom. The van der Waals surface area contributed by atoms with Gasteiger partial charge >= 0.3 is 0 Å². The molecular weight excluding hydrogens is 325 g/mol. The minimum Gasteiger partial charge on any atom is -0.372 e. The third-order valence-electron chi connectivity index (χ3n) is 4.86. The van der Waals surface area contributed by atoms with Gasteiger partial charge in [-0.2, -0.15) is 9.90 Å². The van der Waals surface area contributed by atoms with Crippen LogP contribution in [0, 0.1) is 5.82 Å². The molecule has 1 aromatic carbocycles. The maximum absolute atomic E-state index is 13.0. The smallest absolute Gasteiger partial charge is 0.276 e. The lowest BCUT2D eigenvalue weighted by molar-refractivity contribution is -0.0955. The molecule has 2 aromatic rings. The van der Waals surface area contributed by atoms with Crippen molar-refractivity contribution in [2.45, 2.75) is 18.4 Å². The van der Waals surface area contributed by atoms with Gasteiger partial charge in [0.1, 0.15) is 5.82 Å². The number of nitrogens with one attached hydrogen (secondary N) is 1. The number of ether oxygens (including phenoxy) is 1. The summed E-state index contributed by atoms with van der Waals surface area (Å²) in [4.78, 5) is 15.8. The molecule has 0 saturated carbocycles. The molecule has 1 N–H and O–H groups in total. The van der Waals surface area contributed by atoms with Crippen LogP contribution in [0.2, 0.25) is 0 Å². The van der Waals surface area contributed by atoms with Gasteiger partial charge in [-0.1, -0.05) is 0 Å². The molecule has 1 aromatic heterocycles. The summed E-state index contributed by atoms with van der Waals surface area (Å²) < 4.78 is 19.0. The highest BCUT2D eigenvalue weighted by Gasteiger charge is 2.38. The second-order valence-electron chi connectivity index (χ2n) is 6.50. The van der Waals surface area contributed by atoms with E-state index in [0.29, 0.717) is 24.5 Å². The number of amides is 1. The van der Waals surface area contributed by atoms with E-state index in [4.69, 9.17) is 4.74 Å². The molecule has 3 heterocycles. The number of aromatic nitrogens is 3. The Labute approximate surface area is 144 Å². The first kappa shape index (κ1) is 16.2. The summed E-state index contributed by atoms with van der Waals surface area (Å²) in [6.45, 7) is 3.74. The number of piperidine rings is 1. The highest BCUT2D eigenvalue weighted by Crippen LogP contribution is 2.28. The van der Waals surface area contributed by atoms with Crippen LogP contribution >= 0.6 is 0 Å². The highest BCUT2D eigenvalue weighted by atomic mass is 19.1. The molecule has 2 saturated heterocycles. The second-order valence-corrected chi connectivity index (χ2v) is 6.50. The largest absolute Gasteiger partial charge is 0.372 e. The Kier molecular flexibility index (Phi) is 4.22. The van der Waals surface area contributed by atoms with Crippen molar-refractivity contribution in [3.8, 4) is 5.69 Å². The number of nitrogens with zero attached hydrogens (tertiary/aromatic N) is 4. The molecule has 0 bridgehead atoms. The average molecular weight is 345 g/mol. The summed E-state index contributed by atoms with van der Waals surface area (Å²) in [5.74, 6) is -0.458. The van der Waals surface area contributed by atoms with Crippen molar-refractivity contribution in [3.05, 3.63) is 42.0 Å². The predicted octanol–water partition coefficient (Wildman–Crippen LogP) is 1.00. The highest BCUT2D eigenvalue weighted by molar-refractivity contribution is 5.92. The summed E-state index contributed by atoms with van der Waals surface area (Å²) >= 11 is 0. The van der Waals surface area contributed by atoms with Crippen LogP contribution in [0.3, 0.4) is 0 Å². The second kappa shape index (κ2) is 6.53. The molecule has 0 radical (unpaired) electrons. The molecule has 132 valence electrons. The van der Waals surface area contributed by atoms with Gasteiger partial charge in [-0.05, 0) is 37.1 Å². The summed E-state index contributed by atoms with van der Waals surface area (Å²) in [6, 6.07) is 5.81. The van der Waals surface area contributed by atoms with Gasteiger partial charge in [0.15, 0.2) is 5.69 Å². The molecule has 2 aliphatic heterocycles. The molecule has 0 unspecified atom stereocenters. The summed E-state index contributed by atoms with van der Waals surface area (Å²) in [6.07, 6.45) is 3.09. The molecule has 1 spiro atoms. The molecule has 1 amide bonds. The molecule has 2 fully saturated rings. The van der Waals surface area contributed by atoms with Crippen LogP contribution in [0.1, 0.15) is 23.3 Å². The number of benzene rings is 1. The fourth-order valence-electron chi connectivity index (χ4n) is 3.37. The van der Waals surface area contributed by atoms with Gasteiger partial charge in [-0.15, -0.1) is 5.10 Å². The Morgan fingerprint density at radius 1 is 1.24 bits per heavy atom. The molecule has 8 heteroatoms. The van der Waals surface area contributed by atoms with Crippen LogP contribution in [-0.2, 0) is 4.74 Å². The van der Waals surface area contributed by atoms with Crippen molar-refractivity contribution in [2.75, 3.05) is 32.8 Å². The lowest BCUT2D eigenvalue weighted by Gasteiger charge is -2.43. The number of morpholine rings is 1. The van der Waals surface area contributed by atoms with E-state index in [1.165, 1.54) is 23.1 Å². The topological polar surface area (TPSA) is 72.3 Å². The average Bonchev–Trinajstić information content (AvgIpc) is 3.13. The molecule has 7 nitrogen and oxygen atoms in total. The number of hydrogen-bond acceptors (Lipinski definition) is 5. The molecule has 0 aliphatic carbocycles.